The smallest absolute Gasteiger partial charge is 0.255 e. The third-order valence-corrected chi connectivity index (χ3v) is 6.49. The predicted molar refractivity (Wildman–Crippen MR) is 147 cm³/mol. The number of para-hydroxylation sites is 1. The molecule has 0 bridgehead atoms. The lowest BCUT2D eigenvalue weighted by atomic mass is 10.1. The number of hydrogen-bond acceptors (Lipinski definition) is 3. The number of ether oxygens (including phenoxy) is 1. The fraction of sp³-hybridized carbons (Fsp3) is 0.207. The molecule has 0 aliphatic carbocycles. The van der Waals surface area contributed by atoms with Gasteiger partial charge in [0.15, 0.2) is 0 Å². The molecule has 0 saturated heterocycles. The van der Waals surface area contributed by atoms with Gasteiger partial charge in [-0.1, -0.05) is 46.3 Å². The summed E-state index contributed by atoms with van der Waals surface area (Å²) in [6, 6.07) is 26.7. The van der Waals surface area contributed by atoms with Crippen LogP contribution in [0.4, 0.5) is 0 Å². The molecule has 5 nitrogen and oxygen atoms in total. The maximum Gasteiger partial charge on any atom is 0.255 e. The quantitative estimate of drug-likeness (QED) is 0.295. The summed E-state index contributed by atoms with van der Waals surface area (Å²) in [5, 5.41) is 3.00. The molecule has 0 spiro atoms. The Labute approximate surface area is 215 Å². The van der Waals surface area contributed by atoms with Gasteiger partial charge in [-0.2, -0.15) is 0 Å². The van der Waals surface area contributed by atoms with Crippen LogP contribution >= 0.6 is 15.9 Å². The monoisotopic (exact) mass is 531 g/mol. The molecule has 0 radical (unpaired) electrons. The van der Waals surface area contributed by atoms with E-state index >= 15 is 0 Å². The summed E-state index contributed by atoms with van der Waals surface area (Å²) in [4.78, 5) is 15.1. The molecule has 0 unspecified atom stereocenters. The van der Waals surface area contributed by atoms with E-state index < -0.39 is 0 Å². The average Bonchev–Trinajstić information content (AvgIpc) is 3.29. The minimum Gasteiger partial charge on any atom is -0.496 e. The molecule has 0 aliphatic heterocycles. The zero-order chi connectivity index (χ0) is 24.9. The van der Waals surface area contributed by atoms with Crippen LogP contribution in [0.25, 0.3) is 28.2 Å². The highest BCUT2D eigenvalue weighted by atomic mass is 79.9. The number of rotatable bonds is 8. The first kappa shape index (κ1) is 24.8. The van der Waals surface area contributed by atoms with Crippen LogP contribution in [-0.2, 0) is 0 Å². The van der Waals surface area contributed by atoms with Gasteiger partial charge in [0.1, 0.15) is 5.75 Å². The number of aryl methyl sites for hydroxylation is 1. The van der Waals surface area contributed by atoms with Crippen LogP contribution in [0.5, 0.6) is 5.75 Å². The van der Waals surface area contributed by atoms with Gasteiger partial charge >= 0.3 is 0 Å². The number of hydrogen-bond donors (Lipinski definition) is 1. The van der Waals surface area contributed by atoms with Crippen LogP contribution in [0, 0.1) is 6.92 Å². The van der Waals surface area contributed by atoms with Gasteiger partial charge in [-0.3, -0.25) is 4.79 Å². The van der Waals surface area contributed by atoms with Crippen molar-refractivity contribution < 1.29 is 9.53 Å². The van der Waals surface area contributed by atoms with Crippen molar-refractivity contribution in [3.8, 4) is 34.0 Å². The minimum absolute atomic E-state index is 0.146. The third kappa shape index (κ3) is 5.50. The second kappa shape index (κ2) is 10.9. The Morgan fingerprint density at radius 2 is 1.60 bits per heavy atom. The first-order chi connectivity index (χ1) is 16.9. The van der Waals surface area contributed by atoms with Crippen LogP contribution in [0.2, 0.25) is 0 Å². The SMILES string of the molecule is COc1ccc(-c2ccc(-c3ccc(Br)cc3)n2-c2ccccc2C)cc1C(=O)NCCN(C)C. The molecule has 1 heterocycles. The number of benzene rings is 3. The van der Waals surface area contributed by atoms with Gasteiger partial charge in [-0.15, -0.1) is 0 Å². The van der Waals surface area contributed by atoms with E-state index in [-0.39, 0.29) is 5.91 Å². The minimum atomic E-state index is -0.146. The zero-order valence-corrected chi connectivity index (χ0v) is 22.1. The zero-order valence-electron chi connectivity index (χ0n) is 20.5. The van der Waals surface area contributed by atoms with Crippen molar-refractivity contribution in [2.24, 2.45) is 0 Å². The van der Waals surface area contributed by atoms with Gasteiger partial charge in [-0.25, -0.2) is 0 Å². The molecule has 0 saturated carbocycles. The van der Waals surface area contributed by atoms with Crippen molar-refractivity contribution in [2.75, 3.05) is 34.3 Å². The highest BCUT2D eigenvalue weighted by molar-refractivity contribution is 9.10. The Bertz CT molecular complexity index is 1330. The number of methoxy groups -OCH3 is 1. The van der Waals surface area contributed by atoms with Crippen molar-refractivity contribution >= 4 is 21.8 Å². The van der Waals surface area contributed by atoms with Gasteiger partial charge < -0.3 is 19.5 Å². The maximum atomic E-state index is 13.0. The molecular formula is C29H30BrN3O2. The molecule has 4 aromatic rings. The molecule has 35 heavy (non-hydrogen) atoms. The summed E-state index contributed by atoms with van der Waals surface area (Å²) in [5.74, 6) is 0.408. The van der Waals surface area contributed by atoms with Gasteiger partial charge in [0.25, 0.3) is 5.91 Å². The van der Waals surface area contributed by atoms with Crippen molar-refractivity contribution in [3.63, 3.8) is 0 Å². The fourth-order valence-electron chi connectivity index (χ4n) is 4.11. The largest absolute Gasteiger partial charge is 0.496 e. The lowest BCUT2D eigenvalue weighted by Gasteiger charge is -2.18. The molecular weight excluding hydrogens is 502 g/mol. The summed E-state index contributed by atoms with van der Waals surface area (Å²) < 4.78 is 8.82. The van der Waals surface area contributed by atoms with E-state index in [9.17, 15) is 4.79 Å². The predicted octanol–water partition coefficient (Wildman–Crippen LogP) is 6.18. The highest BCUT2D eigenvalue weighted by Crippen LogP contribution is 2.35. The standard InChI is InChI=1S/C29H30BrN3O2/c1-20-7-5-6-8-25(20)33-26(21-9-12-23(30)13-10-21)14-15-27(33)22-11-16-28(35-4)24(19-22)29(34)31-17-18-32(2)3/h5-16,19H,17-18H2,1-4H3,(H,31,34). The summed E-state index contributed by atoms with van der Waals surface area (Å²) in [6.45, 7) is 3.44. The van der Waals surface area contributed by atoms with Gasteiger partial charge in [-0.05, 0) is 86.2 Å². The van der Waals surface area contributed by atoms with Gasteiger partial charge in [0.2, 0.25) is 0 Å². The van der Waals surface area contributed by atoms with E-state index in [1.54, 1.807) is 7.11 Å². The summed E-state index contributed by atoms with van der Waals surface area (Å²) in [5.41, 5.74) is 6.91. The third-order valence-electron chi connectivity index (χ3n) is 5.96. The Hall–Kier alpha value is -3.35. The van der Waals surface area contributed by atoms with Crippen LogP contribution in [-0.4, -0.2) is 49.7 Å². The van der Waals surface area contributed by atoms with E-state index in [0.717, 1.165) is 39.2 Å². The number of likely N-dealkylation sites (N-methyl/N-ethyl adjacent to an activating group) is 1. The molecule has 6 heteroatoms. The van der Waals surface area contributed by atoms with E-state index in [4.69, 9.17) is 4.74 Å². The van der Waals surface area contributed by atoms with Crippen molar-refractivity contribution in [1.82, 2.24) is 14.8 Å². The maximum absolute atomic E-state index is 13.0. The second-order valence-corrected chi connectivity index (χ2v) is 9.62. The van der Waals surface area contributed by atoms with Crippen LogP contribution in [0.3, 0.4) is 0 Å². The molecule has 180 valence electrons. The lowest BCUT2D eigenvalue weighted by Crippen LogP contribution is -2.31. The van der Waals surface area contributed by atoms with E-state index in [1.807, 2.05) is 55.4 Å². The lowest BCUT2D eigenvalue weighted by molar-refractivity contribution is 0.0948. The Morgan fingerprint density at radius 3 is 2.26 bits per heavy atom. The number of nitrogens with zero attached hydrogens (tertiary/aromatic N) is 2. The fourth-order valence-corrected chi connectivity index (χ4v) is 4.38. The number of halogens is 1. The second-order valence-electron chi connectivity index (χ2n) is 8.71. The first-order valence-corrected chi connectivity index (χ1v) is 12.3. The number of carbonyl (C=O) groups is 1. The van der Waals surface area contributed by atoms with Crippen LogP contribution < -0.4 is 10.1 Å². The molecule has 4 rings (SSSR count). The van der Waals surface area contributed by atoms with Gasteiger partial charge in [0.05, 0.1) is 24.1 Å². The molecule has 3 aromatic carbocycles. The molecule has 1 aromatic heterocycles. The van der Waals surface area contributed by atoms with E-state index in [0.29, 0.717) is 17.9 Å². The summed E-state index contributed by atoms with van der Waals surface area (Å²) in [6.07, 6.45) is 0. The number of carbonyl (C=O) groups excluding carboxylic acids is 1. The molecule has 0 fully saturated rings. The van der Waals surface area contributed by atoms with E-state index in [2.05, 4.69) is 75.2 Å². The summed E-state index contributed by atoms with van der Waals surface area (Å²) in [7, 11) is 5.56. The molecule has 1 amide bonds. The molecule has 1 N–H and O–H groups in total. The number of amides is 1. The Kier molecular flexibility index (Phi) is 7.73. The number of aromatic nitrogens is 1. The Balaban J connectivity index is 1.83. The summed E-state index contributed by atoms with van der Waals surface area (Å²) >= 11 is 3.54. The van der Waals surface area contributed by atoms with Crippen LogP contribution in [0.1, 0.15) is 15.9 Å². The first-order valence-electron chi connectivity index (χ1n) is 11.5. The van der Waals surface area contributed by atoms with Crippen molar-refractivity contribution in [1.29, 1.82) is 0 Å². The molecule has 0 aliphatic rings. The highest BCUT2D eigenvalue weighted by Gasteiger charge is 2.18. The topological polar surface area (TPSA) is 46.5 Å². The van der Waals surface area contributed by atoms with Gasteiger partial charge in [0, 0.05) is 23.2 Å². The Morgan fingerprint density at radius 1 is 0.943 bits per heavy atom. The number of nitrogens with one attached hydrogen (secondary N) is 1. The molecule has 0 atom stereocenters. The van der Waals surface area contributed by atoms with Crippen molar-refractivity contribution in [3.05, 3.63) is 94.5 Å². The normalized spacial score (nSPS) is 11.0. The average molecular weight is 532 g/mol. The van der Waals surface area contributed by atoms with Crippen LogP contribution in [0.15, 0.2) is 83.3 Å². The van der Waals surface area contributed by atoms with Crippen molar-refractivity contribution in [2.45, 2.75) is 6.92 Å². The van der Waals surface area contributed by atoms with E-state index in [1.165, 1.54) is 5.56 Å².